The van der Waals surface area contributed by atoms with Crippen LogP contribution < -0.4 is 5.32 Å². The molecule has 1 aromatic rings. The number of rotatable bonds is 3. The van der Waals surface area contributed by atoms with Crippen LogP contribution in [-0.2, 0) is 5.41 Å². The van der Waals surface area contributed by atoms with Crippen molar-refractivity contribution in [3.05, 3.63) is 16.1 Å². The van der Waals surface area contributed by atoms with Gasteiger partial charge in [0.25, 0.3) is 0 Å². The molecule has 0 radical (unpaired) electrons. The SMILES string of the molecule is CCNC(c1nc(C(C)(C)C)cs1)C(C)(C)C. The third-order valence-electron chi connectivity index (χ3n) is 2.81. The van der Waals surface area contributed by atoms with Crippen molar-refractivity contribution in [2.45, 2.75) is 59.9 Å². The van der Waals surface area contributed by atoms with E-state index in [1.807, 2.05) is 0 Å². The molecule has 0 amide bonds. The molecule has 0 fully saturated rings. The van der Waals surface area contributed by atoms with Crippen molar-refractivity contribution in [2.75, 3.05) is 6.54 Å². The van der Waals surface area contributed by atoms with Crippen LogP contribution in [-0.4, -0.2) is 11.5 Å². The zero-order valence-corrected chi connectivity index (χ0v) is 13.0. The second-order valence-electron chi connectivity index (χ2n) is 6.68. The number of hydrogen-bond acceptors (Lipinski definition) is 3. The number of nitrogens with zero attached hydrogens (tertiary/aromatic N) is 1. The van der Waals surface area contributed by atoms with Crippen LogP contribution in [0.5, 0.6) is 0 Å². The minimum Gasteiger partial charge on any atom is -0.308 e. The van der Waals surface area contributed by atoms with Crippen LogP contribution >= 0.6 is 11.3 Å². The van der Waals surface area contributed by atoms with E-state index in [1.54, 1.807) is 11.3 Å². The Balaban J connectivity index is 3.01. The van der Waals surface area contributed by atoms with Crippen molar-refractivity contribution in [3.8, 4) is 0 Å². The largest absolute Gasteiger partial charge is 0.308 e. The van der Waals surface area contributed by atoms with Gasteiger partial charge in [-0.2, -0.15) is 0 Å². The highest BCUT2D eigenvalue weighted by Gasteiger charge is 2.29. The summed E-state index contributed by atoms with van der Waals surface area (Å²) < 4.78 is 0. The highest BCUT2D eigenvalue weighted by molar-refractivity contribution is 7.09. The van der Waals surface area contributed by atoms with Crippen molar-refractivity contribution in [2.24, 2.45) is 5.41 Å². The lowest BCUT2D eigenvalue weighted by molar-refractivity contribution is 0.275. The van der Waals surface area contributed by atoms with E-state index in [9.17, 15) is 0 Å². The van der Waals surface area contributed by atoms with Gasteiger partial charge in [-0.1, -0.05) is 48.5 Å². The molecule has 0 bridgehead atoms. The zero-order valence-electron chi connectivity index (χ0n) is 12.2. The maximum Gasteiger partial charge on any atom is 0.110 e. The topological polar surface area (TPSA) is 24.9 Å². The van der Waals surface area contributed by atoms with E-state index in [0.717, 1.165) is 6.54 Å². The first kappa shape index (κ1) is 14.7. The lowest BCUT2D eigenvalue weighted by Gasteiger charge is -2.29. The van der Waals surface area contributed by atoms with Gasteiger partial charge in [-0.25, -0.2) is 4.98 Å². The fourth-order valence-electron chi connectivity index (χ4n) is 1.73. The second-order valence-corrected chi connectivity index (χ2v) is 7.57. The summed E-state index contributed by atoms with van der Waals surface area (Å²) in [5.74, 6) is 0. The van der Waals surface area contributed by atoms with Crippen LogP contribution in [0.25, 0.3) is 0 Å². The summed E-state index contributed by atoms with van der Waals surface area (Å²) in [5, 5.41) is 6.96. The average Bonchev–Trinajstić information content (AvgIpc) is 2.59. The summed E-state index contributed by atoms with van der Waals surface area (Å²) >= 11 is 1.78. The van der Waals surface area contributed by atoms with Gasteiger partial charge in [0.2, 0.25) is 0 Å². The normalized spacial score (nSPS) is 15.0. The monoisotopic (exact) mass is 254 g/mol. The Morgan fingerprint density at radius 3 is 2.18 bits per heavy atom. The first-order chi connectivity index (χ1) is 7.66. The van der Waals surface area contributed by atoms with Crippen molar-refractivity contribution in [1.29, 1.82) is 0 Å². The molecule has 0 aliphatic carbocycles. The molecule has 2 nitrogen and oxygen atoms in total. The summed E-state index contributed by atoms with van der Waals surface area (Å²) in [6.07, 6.45) is 0. The van der Waals surface area contributed by atoms with E-state index in [2.05, 4.69) is 59.2 Å². The Labute approximate surface area is 110 Å². The Morgan fingerprint density at radius 1 is 1.24 bits per heavy atom. The summed E-state index contributed by atoms with van der Waals surface area (Å²) in [6.45, 7) is 16.6. The molecule has 0 saturated carbocycles. The molecule has 1 heterocycles. The molecule has 0 spiro atoms. The second kappa shape index (κ2) is 5.07. The van der Waals surface area contributed by atoms with Crippen molar-refractivity contribution < 1.29 is 0 Å². The molecule has 0 aromatic carbocycles. The van der Waals surface area contributed by atoms with E-state index >= 15 is 0 Å². The van der Waals surface area contributed by atoms with Crippen molar-refractivity contribution in [3.63, 3.8) is 0 Å². The Morgan fingerprint density at radius 2 is 1.82 bits per heavy atom. The molecule has 1 aromatic heterocycles. The van der Waals surface area contributed by atoms with Gasteiger partial charge >= 0.3 is 0 Å². The van der Waals surface area contributed by atoms with Crippen LogP contribution in [0.1, 0.15) is 65.2 Å². The molecule has 1 N–H and O–H groups in total. The lowest BCUT2D eigenvalue weighted by Crippen LogP contribution is -2.32. The van der Waals surface area contributed by atoms with E-state index in [-0.39, 0.29) is 10.8 Å². The van der Waals surface area contributed by atoms with Crippen molar-refractivity contribution in [1.82, 2.24) is 10.3 Å². The maximum atomic E-state index is 4.82. The summed E-state index contributed by atoms with van der Waals surface area (Å²) in [6, 6.07) is 0.341. The fraction of sp³-hybridized carbons (Fsp3) is 0.786. The molecular weight excluding hydrogens is 228 g/mol. The molecule has 1 unspecified atom stereocenters. The third-order valence-corrected chi connectivity index (χ3v) is 3.72. The van der Waals surface area contributed by atoms with Crippen LogP contribution in [0, 0.1) is 5.41 Å². The smallest absolute Gasteiger partial charge is 0.110 e. The Hall–Kier alpha value is -0.410. The Kier molecular flexibility index (Phi) is 4.37. The van der Waals surface area contributed by atoms with E-state index in [1.165, 1.54) is 10.7 Å². The van der Waals surface area contributed by atoms with Gasteiger partial charge in [0.05, 0.1) is 11.7 Å². The van der Waals surface area contributed by atoms with Crippen LogP contribution in [0.15, 0.2) is 5.38 Å². The molecule has 98 valence electrons. The molecule has 1 rings (SSSR count). The zero-order chi connectivity index (χ0) is 13.3. The molecule has 17 heavy (non-hydrogen) atoms. The fourth-order valence-corrected chi connectivity index (χ4v) is 3.10. The summed E-state index contributed by atoms with van der Waals surface area (Å²) in [7, 11) is 0. The average molecular weight is 254 g/mol. The van der Waals surface area contributed by atoms with Crippen molar-refractivity contribution >= 4 is 11.3 Å². The molecule has 3 heteroatoms. The van der Waals surface area contributed by atoms with Gasteiger partial charge in [0, 0.05) is 10.8 Å². The number of hydrogen-bond donors (Lipinski definition) is 1. The molecular formula is C14H26N2S. The van der Waals surface area contributed by atoms with Gasteiger partial charge in [0.15, 0.2) is 0 Å². The first-order valence-corrected chi connectivity index (χ1v) is 7.23. The van der Waals surface area contributed by atoms with Crippen LogP contribution in [0.4, 0.5) is 0 Å². The first-order valence-electron chi connectivity index (χ1n) is 6.35. The highest BCUT2D eigenvalue weighted by atomic mass is 32.1. The number of thiazole rings is 1. The maximum absolute atomic E-state index is 4.82. The predicted octanol–water partition coefficient (Wildman–Crippen LogP) is 4.14. The van der Waals surface area contributed by atoms with Crippen LogP contribution in [0.3, 0.4) is 0 Å². The van der Waals surface area contributed by atoms with E-state index in [4.69, 9.17) is 4.98 Å². The van der Waals surface area contributed by atoms with Gasteiger partial charge in [-0.05, 0) is 12.0 Å². The van der Waals surface area contributed by atoms with Gasteiger partial charge in [0.1, 0.15) is 5.01 Å². The van der Waals surface area contributed by atoms with E-state index in [0.29, 0.717) is 6.04 Å². The molecule has 0 saturated heterocycles. The highest BCUT2D eigenvalue weighted by Crippen LogP contribution is 2.36. The number of aromatic nitrogens is 1. The molecule has 0 aliphatic heterocycles. The van der Waals surface area contributed by atoms with Gasteiger partial charge < -0.3 is 5.32 Å². The van der Waals surface area contributed by atoms with E-state index < -0.39 is 0 Å². The van der Waals surface area contributed by atoms with Crippen LogP contribution in [0.2, 0.25) is 0 Å². The quantitative estimate of drug-likeness (QED) is 0.877. The summed E-state index contributed by atoms with van der Waals surface area (Å²) in [4.78, 5) is 4.82. The minimum atomic E-state index is 0.142. The lowest BCUT2D eigenvalue weighted by atomic mass is 9.87. The molecule has 1 atom stereocenters. The minimum absolute atomic E-state index is 0.142. The standard InChI is InChI=1S/C14H26N2S/c1-8-15-11(14(5,6)7)12-16-10(9-17-12)13(2,3)4/h9,11,15H,8H2,1-7H3. The summed E-state index contributed by atoms with van der Waals surface area (Å²) in [5.41, 5.74) is 1.54. The predicted molar refractivity (Wildman–Crippen MR) is 76.7 cm³/mol. The Bertz CT molecular complexity index is 355. The molecule has 0 aliphatic rings. The third kappa shape index (κ3) is 3.78. The van der Waals surface area contributed by atoms with Gasteiger partial charge in [-0.15, -0.1) is 11.3 Å². The van der Waals surface area contributed by atoms with Gasteiger partial charge in [-0.3, -0.25) is 0 Å². The number of nitrogens with one attached hydrogen (secondary N) is 1.